The topological polar surface area (TPSA) is 90.7 Å². The zero-order chi connectivity index (χ0) is 22.3. The van der Waals surface area contributed by atoms with Gasteiger partial charge in [-0.25, -0.2) is 9.78 Å². The lowest BCUT2D eigenvalue weighted by atomic mass is 9.86. The molecular formula is C24H20N2O5S. The summed E-state index contributed by atoms with van der Waals surface area (Å²) in [6, 6.07) is 9.59. The molecule has 6 rings (SSSR count). The first-order valence-corrected chi connectivity index (χ1v) is 11.4. The van der Waals surface area contributed by atoms with E-state index in [4.69, 9.17) is 14.5 Å². The number of aromatic nitrogens is 2. The zero-order valence-electron chi connectivity index (χ0n) is 17.5. The highest BCUT2D eigenvalue weighted by atomic mass is 32.2. The number of ether oxygens (including phenoxy) is 2. The zero-order valence-corrected chi connectivity index (χ0v) is 18.4. The molecule has 2 atom stereocenters. The fourth-order valence-corrected chi connectivity index (χ4v) is 5.84. The number of cyclic esters (lactones) is 1. The Labute approximate surface area is 187 Å². The Morgan fingerprint density at radius 1 is 1.25 bits per heavy atom. The minimum atomic E-state index is -1.84. The third-order valence-electron chi connectivity index (χ3n) is 6.69. The first-order valence-electron chi connectivity index (χ1n) is 10.5. The van der Waals surface area contributed by atoms with Crippen molar-refractivity contribution in [3.63, 3.8) is 0 Å². The maximum absolute atomic E-state index is 13.5. The Balaban J connectivity index is 1.67. The standard InChI is InChI=1S/C24H20N2O5S/c1-3-24(29)16-10-18-20-14(11-26(18)21(27)15(16)12-30-22(24)28)19(23(2)31-8-9-32-23)13-6-4-5-7-17(13)25-20/h4-10,29H,3,11-12H2,1-2H3/t23?,24-/m0/s1. The van der Waals surface area contributed by atoms with Crippen LogP contribution >= 0.6 is 11.8 Å². The summed E-state index contributed by atoms with van der Waals surface area (Å²) < 4.78 is 12.8. The predicted octanol–water partition coefficient (Wildman–Crippen LogP) is 3.49. The van der Waals surface area contributed by atoms with Gasteiger partial charge in [0.25, 0.3) is 5.56 Å². The number of esters is 1. The summed E-state index contributed by atoms with van der Waals surface area (Å²) in [7, 11) is 0. The fraction of sp³-hybridized carbons (Fsp3) is 0.292. The number of para-hydroxylation sites is 1. The van der Waals surface area contributed by atoms with Crippen LogP contribution in [-0.4, -0.2) is 20.6 Å². The molecule has 0 bridgehead atoms. The van der Waals surface area contributed by atoms with Crippen molar-refractivity contribution in [2.24, 2.45) is 0 Å². The number of carbonyl (C=O) groups is 1. The van der Waals surface area contributed by atoms with Gasteiger partial charge in [-0.05, 0) is 25.5 Å². The van der Waals surface area contributed by atoms with Crippen LogP contribution in [0.5, 0.6) is 0 Å². The third-order valence-corrected chi connectivity index (χ3v) is 7.69. The largest absolute Gasteiger partial charge is 0.479 e. The van der Waals surface area contributed by atoms with Crippen LogP contribution in [0.1, 0.15) is 42.5 Å². The third kappa shape index (κ3) is 2.39. The monoisotopic (exact) mass is 448 g/mol. The Morgan fingerprint density at radius 3 is 2.81 bits per heavy atom. The molecule has 1 aromatic carbocycles. The van der Waals surface area contributed by atoms with Crippen LogP contribution in [0.4, 0.5) is 0 Å². The van der Waals surface area contributed by atoms with Crippen molar-refractivity contribution in [2.75, 3.05) is 0 Å². The molecule has 162 valence electrons. The van der Waals surface area contributed by atoms with Gasteiger partial charge in [-0.1, -0.05) is 36.9 Å². The van der Waals surface area contributed by atoms with Gasteiger partial charge in [0.05, 0.1) is 35.3 Å². The van der Waals surface area contributed by atoms with E-state index in [1.807, 2.05) is 36.6 Å². The molecule has 0 spiro atoms. The Bertz CT molecular complexity index is 1420. The molecule has 5 heterocycles. The van der Waals surface area contributed by atoms with Crippen molar-refractivity contribution in [3.05, 3.63) is 74.6 Å². The van der Waals surface area contributed by atoms with E-state index in [0.29, 0.717) is 29.1 Å². The van der Waals surface area contributed by atoms with E-state index in [1.165, 1.54) is 0 Å². The van der Waals surface area contributed by atoms with Crippen LogP contribution in [0.2, 0.25) is 0 Å². The van der Waals surface area contributed by atoms with Crippen molar-refractivity contribution >= 4 is 28.6 Å². The van der Waals surface area contributed by atoms with Crippen LogP contribution < -0.4 is 5.56 Å². The number of aliphatic hydroxyl groups is 1. The van der Waals surface area contributed by atoms with E-state index < -0.39 is 16.5 Å². The molecule has 2 aromatic heterocycles. The molecule has 32 heavy (non-hydrogen) atoms. The maximum Gasteiger partial charge on any atom is 0.343 e. The average Bonchev–Trinajstić information content (AvgIpc) is 3.39. The van der Waals surface area contributed by atoms with Gasteiger partial charge < -0.3 is 19.1 Å². The van der Waals surface area contributed by atoms with E-state index in [-0.39, 0.29) is 18.6 Å². The second kappa shape index (κ2) is 6.46. The van der Waals surface area contributed by atoms with E-state index in [1.54, 1.807) is 35.6 Å². The van der Waals surface area contributed by atoms with Crippen LogP contribution in [-0.2, 0) is 38.0 Å². The van der Waals surface area contributed by atoms with Gasteiger partial charge in [-0.15, -0.1) is 0 Å². The SMILES string of the molecule is CC[C@@]1(O)C(=O)OCc2c1cc1n(c2=O)Cc2c-1nc1ccccc1c2C1(C)OC=CS1. The summed E-state index contributed by atoms with van der Waals surface area (Å²) in [4.78, 5) is 30.1. The second-order valence-electron chi connectivity index (χ2n) is 8.39. The van der Waals surface area contributed by atoms with Crippen LogP contribution in [0.25, 0.3) is 22.3 Å². The molecule has 0 amide bonds. The van der Waals surface area contributed by atoms with Crippen molar-refractivity contribution in [1.82, 2.24) is 9.55 Å². The number of thioether (sulfide) groups is 1. The quantitative estimate of drug-likeness (QED) is 0.470. The molecule has 1 N–H and O–H groups in total. The normalized spacial score (nSPS) is 25.3. The highest BCUT2D eigenvalue weighted by Crippen LogP contribution is 2.50. The molecule has 0 saturated carbocycles. The lowest BCUT2D eigenvalue weighted by molar-refractivity contribution is -0.172. The number of fused-ring (bicyclic) bond motifs is 5. The number of pyridine rings is 2. The van der Waals surface area contributed by atoms with E-state index in [0.717, 1.165) is 22.0 Å². The highest BCUT2D eigenvalue weighted by molar-refractivity contribution is 8.03. The van der Waals surface area contributed by atoms with Crippen molar-refractivity contribution in [3.8, 4) is 11.4 Å². The highest BCUT2D eigenvalue weighted by Gasteiger charge is 2.46. The number of rotatable bonds is 2. The molecule has 0 radical (unpaired) electrons. The van der Waals surface area contributed by atoms with Crippen molar-refractivity contribution in [2.45, 2.75) is 44.0 Å². The minimum absolute atomic E-state index is 0.110. The Hall–Kier alpha value is -3.10. The molecule has 1 unspecified atom stereocenters. The molecule has 0 aliphatic carbocycles. The minimum Gasteiger partial charge on any atom is -0.479 e. The summed E-state index contributed by atoms with van der Waals surface area (Å²) in [5.74, 6) is -0.725. The number of hydrogen-bond donors (Lipinski definition) is 1. The number of carbonyl (C=O) groups excluding carboxylic acids is 1. The average molecular weight is 449 g/mol. The second-order valence-corrected chi connectivity index (χ2v) is 9.67. The van der Waals surface area contributed by atoms with Crippen LogP contribution in [0, 0.1) is 0 Å². The van der Waals surface area contributed by atoms with Gasteiger partial charge in [0.15, 0.2) is 10.5 Å². The van der Waals surface area contributed by atoms with Gasteiger partial charge in [0.1, 0.15) is 6.61 Å². The molecule has 3 aliphatic rings. The number of nitrogens with zero attached hydrogens (tertiary/aromatic N) is 2. The lowest BCUT2D eigenvalue weighted by Gasteiger charge is -2.31. The molecule has 3 aliphatic heterocycles. The van der Waals surface area contributed by atoms with E-state index in [9.17, 15) is 14.7 Å². The van der Waals surface area contributed by atoms with Crippen molar-refractivity contribution < 1.29 is 19.4 Å². The summed E-state index contributed by atoms with van der Waals surface area (Å²) in [6.07, 6.45) is 1.79. The first-order chi connectivity index (χ1) is 15.4. The molecule has 7 nitrogen and oxygen atoms in total. The summed E-state index contributed by atoms with van der Waals surface area (Å²) in [5, 5.41) is 14.0. The van der Waals surface area contributed by atoms with Crippen molar-refractivity contribution in [1.29, 1.82) is 0 Å². The molecule has 3 aromatic rings. The summed E-state index contributed by atoms with van der Waals surface area (Å²) in [5.41, 5.74) is 2.47. The van der Waals surface area contributed by atoms with Gasteiger partial charge in [0, 0.05) is 27.5 Å². The smallest absolute Gasteiger partial charge is 0.343 e. The molecule has 0 saturated heterocycles. The summed E-state index contributed by atoms with van der Waals surface area (Å²) >= 11 is 1.57. The fourth-order valence-electron chi connectivity index (χ4n) is 5.01. The van der Waals surface area contributed by atoms with Crippen LogP contribution in [0.3, 0.4) is 0 Å². The number of benzene rings is 1. The molecular weight excluding hydrogens is 428 g/mol. The Kier molecular flexibility index (Phi) is 3.95. The van der Waals surface area contributed by atoms with Gasteiger partial charge >= 0.3 is 5.97 Å². The van der Waals surface area contributed by atoms with Gasteiger partial charge in [0.2, 0.25) is 0 Å². The lowest BCUT2D eigenvalue weighted by Crippen LogP contribution is -2.44. The molecule has 8 heteroatoms. The summed E-state index contributed by atoms with van der Waals surface area (Å²) in [6.45, 7) is 3.90. The number of hydrogen-bond acceptors (Lipinski definition) is 7. The molecule has 0 fully saturated rings. The maximum atomic E-state index is 13.5. The van der Waals surface area contributed by atoms with Gasteiger partial charge in [-0.2, -0.15) is 0 Å². The van der Waals surface area contributed by atoms with Crippen LogP contribution in [0.15, 0.2) is 46.8 Å². The Morgan fingerprint density at radius 2 is 2.06 bits per heavy atom. The van der Waals surface area contributed by atoms with E-state index in [2.05, 4.69) is 0 Å². The van der Waals surface area contributed by atoms with E-state index >= 15 is 0 Å². The van der Waals surface area contributed by atoms with Gasteiger partial charge in [-0.3, -0.25) is 4.79 Å². The predicted molar refractivity (Wildman–Crippen MR) is 120 cm³/mol. The first kappa shape index (κ1) is 19.6.